The quantitative estimate of drug-likeness (QED) is 0.575. The number of benzene rings is 2. The molecule has 0 saturated heterocycles. The Hall–Kier alpha value is -0.980. The number of aryl methyl sites for hydroxylation is 2. The molecule has 2 heteroatoms. The normalized spacial score (nSPS) is 12.8. The summed E-state index contributed by atoms with van der Waals surface area (Å²) in [4.78, 5) is 0. The Morgan fingerprint density at radius 3 is 1.90 bits per heavy atom. The van der Waals surface area contributed by atoms with Crippen LogP contribution in [0.1, 0.15) is 53.0 Å². The molecule has 1 atom stereocenters. The summed E-state index contributed by atoms with van der Waals surface area (Å²) in [6, 6.07) is 12.6. The standard InChI is InChI=1S/C18H20Cl2/c1-11(2)14-5-7-15(8-6-14)18(20)16-9-12(3)13(4)10-17(16)19/h5-11,18H,1-4H3. The Balaban J connectivity index is 2.36. The van der Waals surface area contributed by atoms with E-state index in [2.05, 4.69) is 58.0 Å². The Kier molecular flexibility index (Phi) is 4.78. The molecule has 0 aliphatic carbocycles. The van der Waals surface area contributed by atoms with Crippen LogP contribution in [-0.2, 0) is 0 Å². The fourth-order valence-corrected chi connectivity index (χ4v) is 2.94. The Labute approximate surface area is 131 Å². The molecule has 1 unspecified atom stereocenters. The molecular weight excluding hydrogens is 287 g/mol. The molecule has 0 bridgehead atoms. The largest absolute Gasteiger partial charge is 0.113 e. The van der Waals surface area contributed by atoms with E-state index in [1.165, 1.54) is 16.7 Å². The summed E-state index contributed by atoms with van der Waals surface area (Å²) in [5.41, 5.74) is 5.80. The van der Waals surface area contributed by atoms with E-state index in [-0.39, 0.29) is 5.38 Å². The van der Waals surface area contributed by atoms with Crippen LogP contribution in [-0.4, -0.2) is 0 Å². The molecule has 2 aromatic carbocycles. The zero-order valence-corrected chi connectivity index (χ0v) is 13.9. The molecule has 0 spiro atoms. The highest BCUT2D eigenvalue weighted by molar-refractivity contribution is 6.33. The highest BCUT2D eigenvalue weighted by Gasteiger charge is 2.15. The van der Waals surface area contributed by atoms with Gasteiger partial charge in [0.1, 0.15) is 0 Å². The summed E-state index contributed by atoms with van der Waals surface area (Å²) in [7, 11) is 0. The first kappa shape index (κ1) is 15.4. The number of hydrogen-bond donors (Lipinski definition) is 0. The molecule has 0 saturated carbocycles. The minimum absolute atomic E-state index is 0.206. The van der Waals surface area contributed by atoms with Crippen molar-refractivity contribution in [3.8, 4) is 0 Å². The van der Waals surface area contributed by atoms with Crippen molar-refractivity contribution in [1.82, 2.24) is 0 Å². The molecule has 0 aliphatic rings. The van der Waals surface area contributed by atoms with Crippen LogP contribution in [0.3, 0.4) is 0 Å². The Morgan fingerprint density at radius 2 is 1.35 bits per heavy atom. The van der Waals surface area contributed by atoms with Crippen LogP contribution >= 0.6 is 23.2 Å². The van der Waals surface area contributed by atoms with Gasteiger partial charge in [0, 0.05) is 5.02 Å². The SMILES string of the molecule is Cc1cc(Cl)c(C(Cl)c2ccc(C(C)C)cc2)cc1C. The third-order valence-corrected chi connectivity index (χ3v) is 4.60. The second kappa shape index (κ2) is 6.20. The fraction of sp³-hybridized carbons (Fsp3) is 0.333. The zero-order valence-electron chi connectivity index (χ0n) is 12.4. The molecular formula is C18H20Cl2. The van der Waals surface area contributed by atoms with Crippen LogP contribution in [0, 0.1) is 13.8 Å². The molecule has 0 aliphatic heterocycles. The average molecular weight is 307 g/mol. The first-order valence-electron chi connectivity index (χ1n) is 6.90. The van der Waals surface area contributed by atoms with Gasteiger partial charge in [-0.1, -0.05) is 55.8 Å². The van der Waals surface area contributed by atoms with Gasteiger partial charge in [0.05, 0.1) is 5.38 Å². The van der Waals surface area contributed by atoms with E-state index in [0.29, 0.717) is 5.92 Å². The monoisotopic (exact) mass is 306 g/mol. The van der Waals surface area contributed by atoms with Gasteiger partial charge in [0.2, 0.25) is 0 Å². The molecule has 2 aromatic rings. The van der Waals surface area contributed by atoms with Gasteiger partial charge in [-0.05, 0) is 53.6 Å². The van der Waals surface area contributed by atoms with Crippen molar-refractivity contribution >= 4 is 23.2 Å². The number of alkyl halides is 1. The van der Waals surface area contributed by atoms with Crippen LogP contribution in [0.15, 0.2) is 36.4 Å². The van der Waals surface area contributed by atoms with Crippen LogP contribution in [0.2, 0.25) is 5.02 Å². The molecule has 0 N–H and O–H groups in total. The van der Waals surface area contributed by atoms with Gasteiger partial charge in [0.15, 0.2) is 0 Å². The molecule has 0 heterocycles. The molecule has 106 valence electrons. The Bertz CT molecular complexity index is 598. The lowest BCUT2D eigenvalue weighted by molar-refractivity contribution is 0.865. The lowest BCUT2D eigenvalue weighted by Gasteiger charge is -2.15. The van der Waals surface area contributed by atoms with Crippen LogP contribution in [0.5, 0.6) is 0 Å². The van der Waals surface area contributed by atoms with Gasteiger partial charge in [-0.25, -0.2) is 0 Å². The second-order valence-electron chi connectivity index (χ2n) is 5.64. The average Bonchev–Trinajstić information content (AvgIpc) is 2.42. The van der Waals surface area contributed by atoms with Gasteiger partial charge >= 0.3 is 0 Å². The van der Waals surface area contributed by atoms with Crippen LogP contribution in [0.25, 0.3) is 0 Å². The second-order valence-corrected chi connectivity index (χ2v) is 6.49. The van der Waals surface area contributed by atoms with E-state index in [1.54, 1.807) is 0 Å². The van der Waals surface area contributed by atoms with E-state index in [4.69, 9.17) is 23.2 Å². The summed E-state index contributed by atoms with van der Waals surface area (Å²) in [5, 5.41) is 0.532. The smallest absolute Gasteiger partial charge is 0.0849 e. The zero-order chi connectivity index (χ0) is 14.9. The lowest BCUT2D eigenvalue weighted by Crippen LogP contribution is -1.97. The van der Waals surface area contributed by atoms with Crippen molar-refractivity contribution in [1.29, 1.82) is 0 Å². The first-order chi connectivity index (χ1) is 9.40. The van der Waals surface area contributed by atoms with E-state index in [0.717, 1.165) is 16.1 Å². The highest BCUT2D eigenvalue weighted by atomic mass is 35.5. The van der Waals surface area contributed by atoms with E-state index >= 15 is 0 Å². The molecule has 2 rings (SSSR count). The van der Waals surface area contributed by atoms with Gasteiger partial charge in [0.25, 0.3) is 0 Å². The Morgan fingerprint density at radius 1 is 0.850 bits per heavy atom. The summed E-state index contributed by atoms with van der Waals surface area (Å²) in [6.07, 6.45) is 0. The predicted octanol–water partition coefficient (Wildman–Crippen LogP) is 6.41. The third kappa shape index (κ3) is 3.19. The van der Waals surface area contributed by atoms with Gasteiger partial charge < -0.3 is 0 Å². The maximum atomic E-state index is 6.61. The third-order valence-electron chi connectivity index (χ3n) is 3.78. The number of rotatable bonds is 3. The summed E-state index contributed by atoms with van der Waals surface area (Å²) in [6.45, 7) is 8.52. The molecule has 20 heavy (non-hydrogen) atoms. The minimum atomic E-state index is -0.206. The van der Waals surface area contributed by atoms with Crippen molar-refractivity contribution in [3.05, 3.63) is 69.2 Å². The summed E-state index contributed by atoms with van der Waals surface area (Å²) in [5.74, 6) is 0.531. The molecule has 0 fully saturated rings. The van der Waals surface area contributed by atoms with Crippen molar-refractivity contribution in [3.63, 3.8) is 0 Å². The fourth-order valence-electron chi connectivity index (χ4n) is 2.23. The predicted molar refractivity (Wildman–Crippen MR) is 89.2 cm³/mol. The molecule has 0 nitrogen and oxygen atoms in total. The van der Waals surface area contributed by atoms with Crippen molar-refractivity contribution in [2.45, 2.75) is 39.0 Å². The van der Waals surface area contributed by atoms with Crippen molar-refractivity contribution in [2.75, 3.05) is 0 Å². The van der Waals surface area contributed by atoms with Gasteiger partial charge in [-0.15, -0.1) is 11.6 Å². The maximum absolute atomic E-state index is 6.61. The van der Waals surface area contributed by atoms with Gasteiger partial charge in [-0.3, -0.25) is 0 Å². The van der Waals surface area contributed by atoms with Gasteiger partial charge in [-0.2, -0.15) is 0 Å². The summed E-state index contributed by atoms with van der Waals surface area (Å²) >= 11 is 13.0. The van der Waals surface area contributed by atoms with Crippen LogP contribution < -0.4 is 0 Å². The van der Waals surface area contributed by atoms with E-state index in [1.807, 2.05) is 6.07 Å². The van der Waals surface area contributed by atoms with Crippen molar-refractivity contribution < 1.29 is 0 Å². The summed E-state index contributed by atoms with van der Waals surface area (Å²) < 4.78 is 0. The van der Waals surface area contributed by atoms with Crippen molar-refractivity contribution in [2.24, 2.45) is 0 Å². The topological polar surface area (TPSA) is 0 Å². The molecule has 0 radical (unpaired) electrons. The van der Waals surface area contributed by atoms with E-state index in [9.17, 15) is 0 Å². The van der Waals surface area contributed by atoms with Crippen LogP contribution in [0.4, 0.5) is 0 Å². The molecule has 0 amide bonds. The molecule has 0 aromatic heterocycles. The van der Waals surface area contributed by atoms with E-state index < -0.39 is 0 Å². The minimum Gasteiger partial charge on any atom is -0.113 e. The number of halogens is 2. The highest BCUT2D eigenvalue weighted by Crippen LogP contribution is 2.35. The lowest BCUT2D eigenvalue weighted by atomic mass is 9.97. The maximum Gasteiger partial charge on any atom is 0.0849 e. The number of hydrogen-bond acceptors (Lipinski definition) is 0. The first-order valence-corrected chi connectivity index (χ1v) is 7.72.